The monoisotopic (exact) mass is 210 g/mol. The summed E-state index contributed by atoms with van der Waals surface area (Å²) in [6.07, 6.45) is 0. The van der Waals surface area contributed by atoms with Crippen molar-refractivity contribution in [2.75, 3.05) is 0 Å². The maximum atomic E-state index is 9.45. The van der Waals surface area contributed by atoms with Crippen LogP contribution in [0.1, 0.15) is 0 Å². The molecule has 0 aliphatic carbocycles. The Balaban J connectivity index is 2.71. The highest BCUT2D eigenvalue weighted by Crippen LogP contribution is 2.35. The van der Waals surface area contributed by atoms with Gasteiger partial charge in [0.25, 0.3) is 0 Å². The van der Waals surface area contributed by atoms with E-state index >= 15 is 0 Å². The van der Waals surface area contributed by atoms with E-state index < -0.39 is 7.12 Å². The van der Waals surface area contributed by atoms with Crippen LogP contribution < -0.4 is 4.78 Å². The van der Waals surface area contributed by atoms with E-state index in [1.807, 2.05) is 0 Å². The van der Waals surface area contributed by atoms with Crippen LogP contribution in [0.25, 0.3) is 10.1 Å². The van der Waals surface area contributed by atoms with Crippen molar-refractivity contribution in [2.24, 2.45) is 0 Å². The Labute approximate surface area is 83.8 Å². The number of aromatic hydroxyl groups is 2. The topological polar surface area (TPSA) is 80.9 Å². The van der Waals surface area contributed by atoms with E-state index in [0.29, 0.717) is 14.9 Å². The van der Waals surface area contributed by atoms with Crippen LogP contribution in [0.15, 0.2) is 18.2 Å². The van der Waals surface area contributed by atoms with Crippen LogP contribution in [-0.4, -0.2) is 27.4 Å². The van der Waals surface area contributed by atoms with E-state index in [0.717, 1.165) is 11.3 Å². The van der Waals surface area contributed by atoms with Gasteiger partial charge in [0, 0.05) is 14.9 Å². The maximum Gasteiger partial charge on any atom is 0.499 e. The fourth-order valence-electron chi connectivity index (χ4n) is 1.23. The van der Waals surface area contributed by atoms with Crippen molar-refractivity contribution >= 4 is 33.3 Å². The van der Waals surface area contributed by atoms with Gasteiger partial charge >= 0.3 is 7.12 Å². The first-order valence-corrected chi connectivity index (χ1v) is 4.72. The third kappa shape index (κ3) is 1.33. The molecule has 2 aromatic rings. The van der Waals surface area contributed by atoms with Crippen LogP contribution in [0.3, 0.4) is 0 Å². The van der Waals surface area contributed by atoms with Gasteiger partial charge in [0.2, 0.25) is 0 Å². The minimum Gasteiger partial charge on any atom is -0.504 e. The quantitative estimate of drug-likeness (QED) is 0.394. The first-order chi connectivity index (χ1) is 6.59. The van der Waals surface area contributed by atoms with Gasteiger partial charge in [-0.05, 0) is 18.2 Å². The molecule has 6 heteroatoms. The molecule has 0 fully saturated rings. The molecular formula is C8H7BO4S. The van der Waals surface area contributed by atoms with Gasteiger partial charge in [-0.25, -0.2) is 0 Å². The SMILES string of the molecule is OB(O)c1cc2c(O)c(O)ccc2s1. The summed E-state index contributed by atoms with van der Waals surface area (Å²) < 4.78 is 1.03. The number of phenolic OH excluding ortho intramolecular Hbond substituents is 2. The summed E-state index contributed by atoms with van der Waals surface area (Å²) in [6.45, 7) is 0. The molecule has 4 nitrogen and oxygen atoms in total. The van der Waals surface area contributed by atoms with Gasteiger partial charge in [-0.15, -0.1) is 11.3 Å². The molecule has 0 radical (unpaired) electrons. The molecule has 4 N–H and O–H groups in total. The highest BCUT2D eigenvalue weighted by atomic mass is 32.1. The summed E-state index contributed by atoms with van der Waals surface area (Å²) in [5.41, 5.74) is 0. The molecule has 1 heterocycles. The molecular weight excluding hydrogens is 203 g/mol. The van der Waals surface area contributed by atoms with Crippen LogP contribution in [-0.2, 0) is 0 Å². The Morgan fingerprint density at radius 3 is 2.50 bits per heavy atom. The molecule has 0 amide bonds. The summed E-state index contributed by atoms with van der Waals surface area (Å²) in [4.78, 5) is 0. The zero-order chi connectivity index (χ0) is 10.3. The largest absolute Gasteiger partial charge is 0.504 e. The zero-order valence-electron chi connectivity index (χ0n) is 7.01. The van der Waals surface area contributed by atoms with Crippen molar-refractivity contribution in [1.29, 1.82) is 0 Å². The summed E-state index contributed by atoms with van der Waals surface area (Å²) in [5, 5.41) is 36.9. The summed E-state index contributed by atoms with van der Waals surface area (Å²) in [6, 6.07) is 4.42. The van der Waals surface area contributed by atoms with E-state index in [-0.39, 0.29) is 11.5 Å². The van der Waals surface area contributed by atoms with E-state index in [1.54, 1.807) is 6.07 Å². The second-order valence-electron chi connectivity index (χ2n) is 2.87. The molecule has 1 aromatic carbocycles. The van der Waals surface area contributed by atoms with Crippen LogP contribution in [0.5, 0.6) is 11.5 Å². The van der Waals surface area contributed by atoms with Crippen molar-refractivity contribution < 1.29 is 20.3 Å². The van der Waals surface area contributed by atoms with E-state index in [9.17, 15) is 10.2 Å². The highest BCUT2D eigenvalue weighted by molar-refractivity contribution is 7.27. The molecule has 1 aromatic heterocycles. The third-order valence-electron chi connectivity index (χ3n) is 1.92. The number of fused-ring (bicyclic) bond motifs is 1. The minimum atomic E-state index is -1.55. The van der Waals surface area contributed by atoms with Gasteiger partial charge in [0.1, 0.15) is 0 Å². The lowest BCUT2D eigenvalue weighted by Gasteiger charge is -1.96. The molecule has 0 bridgehead atoms. The average molecular weight is 210 g/mol. The lowest BCUT2D eigenvalue weighted by molar-refractivity contribution is 0.408. The first-order valence-electron chi connectivity index (χ1n) is 3.90. The van der Waals surface area contributed by atoms with E-state index in [1.165, 1.54) is 12.1 Å². The Morgan fingerprint density at radius 2 is 1.86 bits per heavy atom. The molecule has 72 valence electrons. The fourth-order valence-corrected chi connectivity index (χ4v) is 2.17. The maximum absolute atomic E-state index is 9.45. The standard InChI is InChI=1S/C8H7BO4S/c10-5-1-2-6-4(8(5)11)3-7(14-6)9(12)13/h1-3,10-13H. The van der Waals surface area contributed by atoms with Crippen molar-refractivity contribution in [2.45, 2.75) is 0 Å². The predicted molar refractivity (Wildman–Crippen MR) is 55.0 cm³/mol. The predicted octanol–water partition coefficient (Wildman–Crippen LogP) is -0.00770. The number of hydrogen-bond acceptors (Lipinski definition) is 5. The molecule has 0 unspecified atom stereocenters. The third-order valence-corrected chi connectivity index (χ3v) is 3.06. The van der Waals surface area contributed by atoms with Crippen LogP contribution >= 0.6 is 11.3 Å². The lowest BCUT2D eigenvalue weighted by atomic mass is 9.89. The number of hydrogen-bond donors (Lipinski definition) is 4. The van der Waals surface area contributed by atoms with Crippen LogP contribution in [0, 0.1) is 0 Å². The molecule has 0 aliphatic heterocycles. The van der Waals surface area contributed by atoms with Crippen molar-refractivity contribution in [1.82, 2.24) is 0 Å². The van der Waals surface area contributed by atoms with Gasteiger partial charge in [-0.1, -0.05) is 0 Å². The number of rotatable bonds is 1. The zero-order valence-corrected chi connectivity index (χ0v) is 7.82. The Bertz CT molecular complexity index is 479. The van der Waals surface area contributed by atoms with Crippen LogP contribution in [0.4, 0.5) is 0 Å². The number of benzene rings is 1. The molecule has 0 saturated carbocycles. The van der Waals surface area contributed by atoms with Gasteiger partial charge in [0.15, 0.2) is 11.5 Å². The average Bonchev–Trinajstić information content (AvgIpc) is 2.56. The summed E-state index contributed by atoms with van der Waals surface area (Å²) in [5.74, 6) is -0.445. The van der Waals surface area contributed by atoms with E-state index in [4.69, 9.17) is 10.0 Å². The molecule has 2 rings (SSSR count). The molecule has 14 heavy (non-hydrogen) atoms. The van der Waals surface area contributed by atoms with Crippen LogP contribution in [0.2, 0.25) is 0 Å². The smallest absolute Gasteiger partial charge is 0.499 e. The lowest BCUT2D eigenvalue weighted by Crippen LogP contribution is -2.26. The van der Waals surface area contributed by atoms with Crippen molar-refractivity contribution in [3.05, 3.63) is 18.2 Å². The molecule has 0 atom stereocenters. The highest BCUT2D eigenvalue weighted by Gasteiger charge is 2.17. The van der Waals surface area contributed by atoms with Crippen molar-refractivity contribution in [3.63, 3.8) is 0 Å². The van der Waals surface area contributed by atoms with Gasteiger partial charge in [-0.2, -0.15) is 0 Å². The second-order valence-corrected chi connectivity index (χ2v) is 3.98. The van der Waals surface area contributed by atoms with Crippen molar-refractivity contribution in [3.8, 4) is 11.5 Å². The van der Waals surface area contributed by atoms with E-state index in [2.05, 4.69) is 0 Å². The Hall–Kier alpha value is -1.24. The fraction of sp³-hybridized carbons (Fsp3) is 0. The molecule has 0 saturated heterocycles. The Morgan fingerprint density at radius 1 is 1.14 bits per heavy atom. The van der Waals surface area contributed by atoms with Gasteiger partial charge < -0.3 is 20.3 Å². The second kappa shape index (κ2) is 3.16. The van der Waals surface area contributed by atoms with Gasteiger partial charge in [-0.3, -0.25) is 0 Å². The summed E-state index contributed by atoms with van der Waals surface area (Å²) >= 11 is 1.16. The normalized spacial score (nSPS) is 10.7. The van der Waals surface area contributed by atoms with Gasteiger partial charge in [0.05, 0.1) is 0 Å². The Kier molecular flexibility index (Phi) is 2.11. The molecule has 0 spiro atoms. The minimum absolute atomic E-state index is 0.214. The number of thiophene rings is 1. The molecule has 0 aliphatic rings. The number of phenols is 2. The first kappa shape index (κ1) is 9.33. The summed E-state index contributed by atoms with van der Waals surface area (Å²) in [7, 11) is -1.55.